The van der Waals surface area contributed by atoms with Crippen LogP contribution in [0.1, 0.15) is 29.4 Å². The van der Waals surface area contributed by atoms with Crippen molar-refractivity contribution in [3.63, 3.8) is 0 Å². The molecule has 7 nitrogen and oxygen atoms in total. The lowest BCUT2D eigenvalue weighted by molar-refractivity contribution is -0.137. The lowest BCUT2D eigenvalue weighted by Crippen LogP contribution is -2.52. The summed E-state index contributed by atoms with van der Waals surface area (Å²) in [6.07, 6.45) is 1.54. The highest BCUT2D eigenvalue weighted by Crippen LogP contribution is 2.17. The minimum atomic E-state index is -0.620. The Labute approximate surface area is 145 Å². The van der Waals surface area contributed by atoms with Gasteiger partial charge in [0.1, 0.15) is 6.04 Å². The van der Waals surface area contributed by atoms with Crippen LogP contribution in [-0.4, -0.2) is 54.8 Å². The molecule has 0 saturated carbocycles. The predicted molar refractivity (Wildman–Crippen MR) is 92.6 cm³/mol. The molecule has 1 aliphatic rings. The van der Waals surface area contributed by atoms with Crippen LogP contribution in [0.4, 0.5) is 0 Å². The first-order valence-electron chi connectivity index (χ1n) is 8.14. The van der Waals surface area contributed by atoms with Crippen molar-refractivity contribution >= 4 is 29.1 Å². The molecule has 24 heavy (non-hydrogen) atoms. The molecule has 0 spiro atoms. The molecule has 1 fully saturated rings. The fourth-order valence-corrected chi connectivity index (χ4v) is 3.37. The molecule has 0 aromatic carbocycles. The topological polar surface area (TPSA) is 105 Å². The van der Waals surface area contributed by atoms with Gasteiger partial charge in [0.2, 0.25) is 11.8 Å². The summed E-state index contributed by atoms with van der Waals surface area (Å²) in [5, 5.41) is 7.31. The van der Waals surface area contributed by atoms with E-state index in [1.807, 2.05) is 5.38 Å². The van der Waals surface area contributed by atoms with Gasteiger partial charge in [0, 0.05) is 26.2 Å². The lowest BCUT2D eigenvalue weighted by atomic mass is 9.96. The van der Waals surface area contributed by atoms with E-state index in [1.54, 1.807) is 24.0 Å². The van der Waals surface area contributed by atoms with Gasteiger partial charge in [0.05, 0.1) is 10.8 Å². The zero-order valence-electron chi connectivity index (χ0n) is 13.8. The molecule has 0 aliphatic carbocycles. The van der Waals surface area contributed by atoms with Gasteiger partial charge in [-0.3, -0.25) is 14.4 Å². The van der Waals surface area contributed by atoms with E-state index in [4.69, 9.17) is 5.73 Å². The average Bonchev–Trinajstić information content (AvgIpc) is 3.13. The number of nitrogens with one attached hydrogen (secondary N) is 2. The number of nitrogens with zero attached hydrogens (tertiary/aromatic N) is 1. The summed E-state index contributed by atoms with van der Waals surface area (Å²) < 4.78 is 0. The van der Waals surface area contributed by atoms with Gasteiger partial charge in [0.15, 0.2) is 0 Å². The Kier molecular flexibility index (Phi) is 6.74. The molecule has 132 valence electrons. The molecule has 0 bridgehead atoms. The fourth-order valence-electron chi connectivity index (χ4n) is 2.74. The summed E-state index contributed by atoms with van der Waals surface area (Å²) in [5.41, 5.74) is 5.39. The van der Waals surface area contributed by atoms with Crippen molar-refractivity contribution in [3.05, 3.63) is 22.4 Å². The number of nitrogens with two attached hydrogens (primary N) is 1. The van der Waals surface area contributed by atoms with Crippen molar-refractivity contribution in [1.82, 2.24) is 15.5 Å². The predicted octanol–water partition coefficient (Wildman–Crippen LogP) is 0.180. The normalized spacial score (nSPS) is 18.8. The second kappa shape index (κ2) is 8.79. The van der Waals surface area contributed by atoms with Crippen molar-refractivity contribution in [2.24, 2.45) is 11.7 Å². The molecule has 2 rings (SSSR count). The number of amides is 3. The Morgan fingerprint density at radius 2 is 2.25 bits per heavy atom. The number of hydrogen-bond acceptors (Lipinski definition) is 5. The van der Waals surface area contributed by atoms with Crippen LogP contribution >= 0.6 is 11.3 Å². The largest absolute Gasteiger partial charge is 0.355 e. The molecule has 2 heterocycles. The molecule has 2 atom stereocenters. The van der Waals surface area contributed by atoms with Gasteiger partial charge in [-0.2, -0.15) is 0 Å². The van der Waals surface area contributed by atoms with Crippen molar-refractivity contribution in [1.29, 1.82) is 0 Å². The number of piperidine rings is 1. The molecule has 2 unspecified atom stereocenters. The maximum Gasteiger partial charge on any atom is 0.261 e. The Morgan fingerprint density at radius 1 is 1.46 bits per heavy atom. The van der Waals surface area contributed by atoms with Crippen LogP contribution in [0.2, 0.25) is 0 Å². The summed E-state index contributed by atoms with van der Waals surface area (Å²) >= 11 is 1.33. The van der Waals surface area contributed by atoms with Gasteiger partial charge in [-0.15, -0.1) is 11.3 Å². The van der Waals surface area contributed by atoms with Crippen LogP contribution in [0.15, 0.2) is 17.5 Å². The van der Waals surface area contributed by atoms with Crippen molar-refractivity contribution in [2.45, 2.75) is 25.8 Å². The van der Waals surface area contributed by atoms with Crippen LogP contribution in [0.3, 0.4) is 0 Å². The fraction of sp³-hybridized carbons (Fsp3) is 0.562. The first kappa shape index (κ1) is 18.4. The molecular formula is C16H24N4O3S. The minimum Gasteiger partial charge on any atom is -0.355 e. The SMILES string of the molecule is CC(NC(=O)c1cccs1)C(=O)N1CCCC(C(=O)NCCN)C1. The number of likely N-dealkylation sites (tertiary alicyclic amines) is 1. The minimum absolute atomic E-state index is 0.0618. The molecule has 4 N–H and O–H groups in total. The van der Waals surface area contributed by atoms with E-state index in [9.17, 15) is 14.4 Å². The van der Waals surface area contributed by atoms with Gasteiger partial charge >= 0.3 is 0 Å². The Balaban J connectivity index is 1.88. The zero-order valence-corrected chi connectivity index (χ0v) is 14.6. The summed E-state index contributed by atoms with van der Waals surface area (Å²) in [6.45, 7) is 3.50. The van der Waals surface area contributed by atoms with E-state index in [2.05, 4.69) is 10.6 Å². The quantitative estimate of drug-likeness (QED) is 0.679. The highest BCUT2D eigenvalue weighted by molar-refractivity contribution is 7.12. The summed E-state index contributed by atoms with van der Waals surface area (Å²) in [6, 6.07) is 2.89. The molecule has 1 saturated heterocycles. The third kappa shape index (κ3) is 4.78. The monoisotopic (exact) mass is 352 g/mol. The highest BCUT2D eigenvalue weighted by atomic mass is 32.1. The second-order valence-electron chi connectivity index (χ2n) is 5.88. The third-order valence-electron chi connectivity index (χ3n) is 4.01. The van der Waals surface area contributed by atoms with Crippen molar-refractivity contribution in [3.8, 4) is 0 Å². The van der Waals surface area contributed by atoms with E-state index in [-0.39, 0.29) is 23.6 Å². The maximum atomic E-state index is 12.5. The van der Waals surface area contributed by atoms with Crippen molar-refractivity contribution < 1.29 is 14.4 Å². The lowest BCUT2D eigenvalue weighted by Gasteiger charge is -2.33. The summed E-state index contributed by atoms with van der Waals surface area (Å²) in [7, 11) is 0. The molecule has 0 radical (unpaired) electrons. The van der Waals surface area contributed by atoms with E-state index in [0.29, 0.717) is 31.1 Å². The van der Waals surface area contributed by atoms with Crippen molar-refractivity contribution in [2.75, 3.05) is 26.2 Å². The number of carbonyl (C=O) groups excluding carboxylic acids is 3. The first-order chi connectivity index (χ1) is 11.5. The van der Waals surface area contributed by atoms with E-state index in [1.165, 1.54) is 11.3 Å². The molecule has 3 amide bonds. The van der Waals surface area contributed by atoms with Crippen LogP contribution in [0.25, 0.3) is 0 Å². The first-order valence-corrected chi connectivity index (χ1v) is 9.01. The number of rotatable bonds is 6. The molecule has 1 aromatic rings. The van der Waals surface area contributed by atoms with E-state index in [0.717, 1.165) is 12.8 Å². The maximum absolute atomic E-state index is 12.5. The molecule has 1 aromatic heterocycles. The average molecular weight is 352 g/mol. The standard InChI is InChI=1S/C16H24N4O3S/c1-11(19-15(22)13-5-3-9-24-13)16(23)20-8-2-4-12(10-20)14(21)18-7-6-17/h3,5,9,11-12H,2,4,6-8,10,17H2,1H3,(H,18,21)(H,19,22). The highest BCUT2D eigenvalue weighted by Gasteiger charge is 2.30. The Hall–Kier alpha value is -1.93. The number of carbonyl (C=O) groups is 3. The number of hydrogen-bond donors (Lipinski definition) is 3. The number of thiophene rings is 1. The zero-order chi connectivity index (χ0) is 17.5. The van der Waals surface area contributed by atoms with Gasteiger partial charge in [-0.25, -0.2) is 0 Å². The third-order valence-corrected chi connectivity index (χ3v) is 4.88. The van der Waals surface area contributed by atoms with Gasteiger partial charge in [0.25, 0.3) is 5.91 Å². The molecular weight excluding hydrogens is 328 g/mol. The van der Waals surface area contributed by atoms with Gasteiger partial charge < -0.3 is 21.3 Å². The van der Waals surface area contributed by atoms with E-state index >= 15 is 0 Å². The molecule has 8 heteroatoms. The Bertz CT molecular complexity index is 576. The van der Waals surface area contributed by atoms with Crippen LogP contribution in [0.5, 0.6) is 0 Å². The van der Waals surface area contributed by atoms with Crippen LogP contribution in [0, 0.1) is 5.92 Å². The van der Waals surface area contributed by atoms with Crippen LogP contribution < -0.4 is 16.4 Å². The molecule has 1 aliphatic heterocycles. The smallest absolute Gasteiger partial charge is 0.261 e. The second-order valence-corrected chi connectivity index (χ2v) is 6.82. The van der Waals surface area contributed by atoms with E-state index < -0.39 is 6.04 Å². The van der Waals surface area contributed by atoms with Gasteiger partial charge in [-0.05, 0) is 31.2 Å². The summed E-state index contributed by atoms with van der Waals surface area (Å²) in [4.78, 5) is 38.9. The van der Waals surface area contributed by atoms with Gasteiger partial charge in [-0.1, -0.05) is 6.07 Å². The summed E-state index contributed by atoms with van der Waals surface area (Å²) in [5.74, 6) is -0.681. The van der Waals surface area contributed by atoms with Crippen LogP contribution in [-0.2, 0) is 9.59 Å². The Morgan fingerprint density at radius 3 is 2.92 bits per heavy atom.